The van der Waals surface area contributed by atoms with Crippen molar-refractivity contribution in [1.82, 2.24) is 9.55 Å². The number of carboxylic acids is 1. The van der Waals surface area contributed by atoms with E-state index in [1.165, 1.54) is 0 Å². The maximum atomic E-state index is 11.8. The number of nitrogens with one attached hydrogen (secondary N) is 1. The number of aromatic carboxylic acids is 1. The number of carboxylic acid groups (broad SMARTS) is 1. The van der Waals surface area contributed by atoms with E-state index in [9.17, 15) is 44.1 Å². The van der Waals surface area contributed by atoms with Crippen molar-refractivity contribution in [3.05, 3.63) is 32.6 Å². The van der Waals surface area contributed by atoms with E-state index in [1.54, 1.807) is 4.98 Å². The fourth-order valence-corrected chi connectivity index (χ4v) is 2.49. The van der Waals surface area contributed by atoms with Gasteiger partial charge in [-0.3, -0.25) is 14.3 Å². The summed E-state index contributed by atoms with van der Waals surface area (Å²) < 4.78 is 19.7. The minimum atomic E-state index is -5.39. The number of aliphatic hydroxyl groups excluding tert-OH is 2. The van der Waals surface area contributed by atoms with E-state index < -0.39 is 61.9 Å². The molecule has 13 nitrogen and oxygen atoms in total. The quantitative estimate of drug-likeness (QED) is 0.292. The van der Waals surface area contributed by atoms with Gasteiger partial charge in [0.1, 0.15) is 18.3 Å². The maximum absolute atomic E-state index is 11.8. The number of carbonyl (C=O) groups excluding carboxylic acids is 1. The molecule has 0 amide bonds. The summed E-state index contributed by atoms with van der Waals surface area (Å²) in [5.74, 6) is -1.94. The van der Waals surface area contributed by atoms with Crippen LogP contribution in [0.2, 0.25) is 0 Å². The molecular formula is C10H10N2Na3O11P. The fraction of sp³-hybridized carbons (Fsp3) is 0.500. The normalized spacial score (nSPS) is 24.3. The number of ether oxygens (including phenoxy) is 1. The molecule has 1 aliphatic heterocycles. The molecule has 0 radical (unpaired) electrons. The van der Waals surface area contributed by atoms with Crippen LogP contribution in [0.15, 0.2) is 15.7 Å². The zero-order chi connectivity index (χ0) is 18.2. The van der Waals surface area contributed by atoms with E-state index in [0.717, 1.165) is 0 Å². The molecule has 1 fully saturated rings. The zero-order valence-corrected chi connectivity index (χ0v) is 21.5. The molecule has 4 atom stereocenters. The van der Waals surface area contributed by atoms with Crippen LogP contribution in [-0.2, 0) is 13.8 Å². The third-order valence-electron chi connectivity index (χ3n) is 3.17. The van der Waals surface area contributed by atoms with Gasteiger partial charge in [0.15, 0.2) is 6.23 Å². The second kappa shape index (κ2) is 12.1. The average Bonchev–Trinajstić information content (AvgIpc) is 2.71. The fourth-order valence-electron chi connectivity index (χ4n) is 2.16. The van der Waals surface area contributed by atoms with Crippen LogP contribution in [0.3, 0.4) is 0 Å². The van der Waals surface area contributed by atoms with Crippen molar-refractivity contribution in [3.8, 4) is 0 Å². The minimum absolute atomic E-state index is 0. The standard InChI is InChI=1S/C10H13N2O11P.3Na/c13-5-1-3(9(16)17)12(10(18)11-5)8-7(15)6(14)4(23-8)2-22-24(19,20)21;;;/h1,4,6-8,14-15H,2H2,(H,16,17)(H,11,13,18)(H2,19,20,21);;;/q;3*+1/p-3/t4-,6-,7-,8-;;;/m1.../s1. The zero-order valence-electron chi connectivity index (χ0n) is 14.6. The Morgan fingerprint density at radius 1 is 1.26 bits per heavy atom. The Balaban J connectivity index is 0. The number of aliphatic hydroxyl groups is 2. The molecule has 17 heteroatoms. The number of H-pyrrole nitrogens is 1. The predicted octanol–water partition coefficient (Wildman–Crippen LogP) is -14.6. The van der Waals surface area contributed by atoms with E-state index in [-0.39, 0.29) is 88.7 Å². The summed E-state index contributed by atoms with van der Waals surface area (Å²) >= 11 is 0. The predicted molar refractivity (Wildman–Crippen MR) is 65.1 cm³/mol. The molecule has 2 rings (SSSR count). The van der Waals surface area contributed by atoms with Gasteiger partial charge >= 0.3 is 94.4 Å². The van der Waals surface area contributed by atoms with Crippen molar-refractivity contribution in [3.63, 3.8) is 0 Å². The molecule has 134 valence electrons. The number of aromatic nitrogens is 2. The van der Waals surface area contributed by atoms with Crippen molar-refractivity contribution in [1.29, 1.82) is 0 Å². The van der Waals surface area contributed by atoms with Gasteiger partial charge < -0.3 is 43.7 Å². The first-order chi connectivity index (χ1) is 11.0. The molecule has 0 aromatic carbocycles. The van der Waals surface area contributed by atoms with E-state index in [0.29, 0.717) is 10.6 Å². The molecule has 2 heterocycles. The van der Waals surface area contributed by atoms with Gasteiger partial charge in [0.25, 0.3) is 5.56 Å². The summed E-state index contributed by atoms with van der Waals surface area (Å²) in [6.45, 7) is -0.974. The summed E-state index contributed by atoms with van der Waals surface area (Å²) in [6, 6.07) is 0.493. The number of carbonyl (C=O) groups is 1. The first-order valence-corrected chi connectivity index (χ1v) is 7.72. The van der Waals surface area contributed by atoms with E-state index >= 15 is 0 Å². The van der Waals surface area contributed by atoms with Gasteiger partial charge in [-0.05, 0) is 0 Å². The minimum Gasteiger partial charge on any atom is -0.790 e. The van der Waals surface area contributed by atoms with Crippen molar-refractivity contribution in [2.75, 3.05) is 6.61 Å². The molecule has 1 aliphatic rings. The van der Waals surface area contributed by atoms with Crippen LogP contribution in [0.5, 0.6) is 0 Å². The number of rotatable bonds is 5. The first-order valence-electron chi connectivity index (χ1n) is 6.26. The maximum Gasteiger partial charge on any atom is 1.00 e. The second-order valence-electron chi connectivity index (χ2n) is 4.77. The molecule has 0 bridgehead atoms. The molecule has 27 heavy (non-hydrogen) atoms. The molecule has 0 spiro atoms. The Morgan fingerprint density at radius 3 is 2.30 bits per heavy atom. The molecule has 0 unspecified atom stereocenters. The van der Waals surface area contributed by atoms with Crippen molar-refractivity contribution >= 4 is 13.8 Å². The van der Waals surface area contributed by atoms with Crippen LogP contribution in [0.1, 0.15) is 16.7 Å². The van der Waals surface area contributed by atoms with Crippen molar-refractivity contribution in [2.24, 2.45) is 0 Å². The van der Waals surface area contributed by atoms with Crippen LogP contribution in [0.25, 0.3) is 0 Å². The van der Waals surface area contributed by atoms with Gasteiger partial charge in [-0.15, -0.1) is 0 Å². The number of hydrogen-bond donors (Lipinski definition) is 3. The van der Waals surface area contributed by atoms with E-state index in [1.807, 2.05) is 0 Å². The number of nitrogens with zero attached hydrogens (tertiary/aromatic N) is 1. The number of hydrogen-bond acceptors (Lipinski definition) is 11. The van der Waals surface area contributed by atoms with Crippen molar-refractivity contribution in [2.45, 2.75) is 24.5 Å². The monoisotopic (exact) mass is 434 g/mol. The summed E-state index contributed by atoms with van der Waals surface area (Å²) in [5, 5.41) is 30.7. The Kier molecular flexibility index (Phi) is 13.6. The van der Waals surface area contributed by atoms with E-state index in [4.69, 9.17) is 4.74 Å². The number of phosphoric acid groups is 1. The van der Waals surface area contributed by atoms with Crippen LogP contribution in [0.4, 0.5) is 0 Å². The SMILES string of the molecule is O=C([O-])c1cc(=O)[nH]c(=O)n1[C@@H]1O[C@H](COP(=O)([O-])[O-])[C@@H](O)[C@H]1O.[Na+].[Na+].[Na+]. The first kappa shape index (κ1) is 30.3. The summed E-state index contributed by atoms with van der Waals surface area (Å²) in [4.78, 5) is 56.6. The van der Waals surface area contributed by atoms with Gasteiger partial charge in [-0.2, -0.15) is 0 Å². The summed E-state index contributed by atoms with van der Waals surface area (Å²) in [7, 11) is -5.39. The number of aromatic amines is 1. The van der Waals surface area contributed by atoms with Crippen LogP contribution >= 0.6 is 7.82 Å². The summed E-state index contributed by atoms with van der Waals surface area (Å²) in [5.41, 5.74) is -3.28. The Labute approximate surface area is 217 Å². The van der Waals surface area contributed by atoms with Gasteiger partial charge in [-0.25, -0.2) is 4.79 Å². The third kappa shape index (κ3) is 7.72. The topological polar surface area (TPSA) is 217 Å². The Morgan fingerprint density at radius 2 is 1.81 bits per heavy atom. The van der Waals surface area contributed by atoms with Gasteiger partial charge in [0, 0.05) is 6.07 Å². The molecule has 3 N–H and O–H groups in total. The summed E-state index contributed by atoms with van der Waals surface area (Å²) in [6.07, 6.45) is -7.06. The van der Waals surface area contributed by atoms with Gasteiger partial charge in [0.05, 0.1) is 26.1 Å². The molecule has 1 aromatic rings. The van der Waals surface area contributed by atoms with Gasteiger partial charge in [0.2, 0.25) is 0 Å². The van der Waals surface area contributed by atoms with E-state index in [2.05, 4.69) is 4.52 Å². The smallest absolute Gasteiger partial charge is 0.790 e. The number of phosphoric ester groups is 1. The van der Waals surface area contributed by atoms with Crippen LogP contribution < -0.4 is 115 Å². The molecule has 0 aliphatic carbocycles. The van der Waals surface area contributed by atoms with Crippen LogP contribution in [0, 0.1) is 0 Å². The van der Waals surface area contributed by atoms with Crippen LogP contribution in [-0.4, -0.2) is 50.7 Å². The largest absolute Gasteiger partial charge is 1.00 e. The van der Waals surface area contributed by atoms with Crippen molar-refractivity contribution < 1.29 is 132 Å². The Bertz CT molecular complexity index is 808. The second-order valence-corrected chi connectivity index (χ2v) is 5.92. The Hall–Kier alpha value is 1.14. The molecular weight excluding hydrogens is 424 g/mol. The molecule has 1 saturated heterocycles. The van der Waals surface area contributed by atoms with Gasteiger partial charge in [-0.1, -0.05) is 0 Å². The molecule has 1 aromatic heterocycles. The third-order valence-corrected chi connectivity index (χ3v) is 3.64. The molecule has 0 saturated carbocycles. The average molecular weight is 434 g/mol.